The van der Waals surface area contributed by atoms with E-state index in [0.717, 1.165) is 58.0 Å². The summed E-state index contributed by atoms with van der Waals surface area (Å²) in [5.41, 5.74) is 1.23. The molecule has 24 heavy (non-hydrogen) atoms. The molecule has 1 saturated carbocycles. The minimum Gasteiger partial charge on any atom is -0.375 e. The second-order valence-corrected chi connectivity index (χ2v) is 7.65. The van der Waals surface area contributed by atoms with Crippen LogP contribution in [-0.4, -0.2) is 59.1 Å². The fourth-order valence-electron chi connectivity index (χ4n) is 4.43. The maximum Gasteiger partial charge on any atom is 0.225 e. The normalized spacial score (nSPS) is 33.6. The Bertz CT molecular complexity index is 573. The van der Waals surface area contributed by atoms with E-state index in [4.69, 9.17) is 4.74 Å². The third-order valence-corrected chi connectivity index (χ3v) is 5.84. The van der Waals surface area contributed by atoms with Gasteiger partial charge in [-0.2, -0.15) is 0 Å². The number of hydrogen-bond acceptors (Lipinski definition) is 4. The molecule has 3 heterocycles. The molecule has 1 amide bonds. The van der Waals surface area contributed by atoms with E-state index in [9.17, 15) is 4.79 Å². The van der Waals surface area contributed by atoms with Gasteiger partial charge in [-0.05, 0) is 36.8 Å². The maximum absolute atomic E-state index is 12.7. The Labute approximate surface area is 144 Å². The number of likely N-dealkylation sites (tertiary alicyclic amines) is 1. The van der Waals surface area contributed by atoms with Crippen molar-refractivity contribution in [2.75, 3.05) is 26.2 Å². The van der Waals surface area contributed by atoms with Crippen LogP contribution in [0.2, 0.25) is 0 Å². The van der Waals surface area contributed by atoms with E-state index in [2.05, 4.69) is 27.8 Å². The number of nitrogens with zero attached hydrogens (tertiary/aromatic N) is 3. The van der Waals surface area contributed by atoms with Crippen LogP contribution in [0.3, 0.4) is 0 Å². The number of rotatable bonds is 3. The molecule has 0 N–H and O–H groups in total. The number of aromatic nitrogens is 1. The number of fused-ring (bicyclic) bond motifs is 1. The molecule has 4 rings (SSSR count). The van der Waals surface area contributed by atoms with Crippen LogP contribution in [0.25, 0.3) is 0 Å². The molecular weight excluding hydrogens is 302 g/mol. The molecule has 2 aliphatic heterocycles. The number of carbonyl (C=O) groups is 1. The molecule has 5 heteroatoms. The van der Waals surface area contributed by atoms with Crippen LogP contribution in [-0.2, 0) is 16.1 Å². The number of carbonyl (C=O) groups excluding carboxylic acids is 1. The average molecular weight is 329 g/mol. The van der Waals surface area contributed by atoms with E-state index in [0.29, 0.717) is 11.9 Å². The van der Waals surface area contributed by atoms with Gasteiger partial charge in [-0.3, -0.25) is 14.7 Å². The fraction of sp³-hybridized carbons (Fsp3) is 0.684. The summed E-state index contributed by atoms with van der Waals surface area (Å²) in [6.07, 6.45) is 7.11. The summed E-state index contributed by atoms with van der Waals surface area (Å²) >= 11 is 0. The van der Waals surface area contributed by atoms with Crippen molar-refractivity contribution in [3.63, 3.8) is 0 Å². The highest BCUT2D eigenvalue weighted by atomic mass is 16.5. The SMILES string of the molecule is CC1CC(C(=O)N2CC[C@@H]3OCCN(Cc4cccnc4)[C@H]3C2)C1. The van der Waals surface area contributed by atoms with Gasteiger partial charge >= 0.3 is 0 Å². The van der Waals surface area contributed by atoms with E-state index in [1.807, 2.05) is 18.5 Å². The van der Waals surface area contributed by atoms with Gasteiger partial charge in [0.25, 0.3) is 0 Å². The van der Waals surface area contributed by atoms with Gasteiger partial charge in [-0.15, -0.1) is 0 Å². The molecule has 0 aromatic carbocycles. The lowest BCUT2D eigenvalue weighted by Gasteiger charge is -2.48. The van der Waals surface area contributed by atoms with E-state index < -0.39 is 0 Å². The van der Waals surface area contributed by atoms with Crippen molar-refractivity contribution in [2.24, 2.45) is 11.8 Å². The lowest BCUT2D eigenvalue weighted by molar-refractivity contribution is -0.151. The van der Waals surface area contributed by atoms with E-state index in [-0.39, 0.29) is 12.0 Å². The minimum atomic E-state index is 0.264. The van der Waals surface area contributed by atoms with Crippen molar-refractivity contribution < 1.29 is 9.53 Å². The largest absolute Gasteiger partial charge is 0.375 e. The Balaban J connectivity index is 1.42. The molecule has 3 fully saturated rings. The van der Waals surface area contributed by atoms with Crippen molar-refractivity contribution in [2.45, 2.75) is 44.9 Å². The first-order valence-electron chi connectivity index (χ1n) is 9.24. The van der Waals surface area contributed by atoms with E-state index in [1.165, 1.54) is 5.56 Å². The first kappa shape index (κ1) is 16.0. The van der Waals surface area contributed by atoms with Crippen molar-refractivity contribution in [1.82, 2.24) is 14.8 Å². The molecule has 1 aromatic heterocycles. The fourth-order valence-corrected chi connectivity index (χ4v) is 4.43. The molecule has 0 unspecified atom stereocenters. The Morgan fingerprint density at radius 3 is 3.00 bits per heavy atom. The predicted octanol–water partition coefficient (Wildman–Crippen LogP) is 1.93. The van der Waals surface area contributed by atoms with Crippen LogP contribution >= 0.6 is 0 Å². The molecule has 5 nitrogen and oxygen atoms in total. The van der Waals surface area contributed by atoms with Crippen LogP contribution in [0.4, 0.5) is 0 Å². The molecule has 1 aromatic rings. The second kappa shape index (κ2) is 6.81. The number of pyridine rings is 1. The molecule has 130 valence electrons. The molecule has 0 bridgehead atoms. The Morgan fingerprint density at radius 1 is 1.38 bits per heavy atom. The smallest absolute Gasteiger partial charge is 0.225 e. The van der Waals surface area contributed by atoms with Crippen molar-refractivity contribution in [3.8, 4) is 0 Å². The predicted molar refractivity (Wildman–Crippen MR) is 91.3 cm³/mol. The van der Waals surface area contributed by atoms with E-state index >= 15 is 0 Å². The van der Waals surface area contributed by atoms with Gasteiger partial charge in [-0.25, -0.2) is 0 Å². The number of hydrogen-bond donors (Lipinski definition) is 0. The van der Waals surface area contributed by atoms with Gasteiger partial charge in [-0.1, -0.05) is 13.0 Å². The van der Waals surface area contributed by atoms with Gasteiger partial charge in [0.15, 0.2) is 0 Å². The Kier molecular flexibility index (Phi) is 4.55. The lowest BCUT2D eigenvalue weighted by atomic mass is 9.75. The number of piperidine rings is 1. The first-order chi connectivity index (χ1) is 11.7. The number of ether oxygens (including phenoxy) is 1. The number of amides is 1. The van der Waals surface area contributed by atoms with Crippen LogP contribution in [0.15, 0.2) is 24.5 Å². The summed E-state index contributed by atoms with van der Waals surface area (Å²) in [6.45, 7) is 6.51. The second-order valence-electron chi connectivity index (χ2n) is 7.65. The highest BCUT2D eigenvalue weighted by Crippen LogP contribution is 2.35. The first-order valence-corrected chi connectivity index (χ1v) is 9.24. The maximum atomic E-state index is 12.7. The van der Waals surface area contributed by atoms with Crippen molar-refractivity contribution in [1.29, 1.82) is 0 Å². The van der Waals surface area contributed by atoms with Crippen molar-refractivity contribution in [3.05, 3.63) is 30.1 Å². The quantitative estimate of drug-likeness (QED) is 0.850. The van der Waals surface area contributed by atoms with Gasteiger partial charge in [0.1, 0.15) is 0 Å². The zero-order chi connectivity index (χ0) is 16.5. The summed E-state index contributed by atoms with van der Waals surface area (Å²) in [5, 5.41) is 0. The molecule has 0 radical (unpaired) electrons. The third-order valence-electron chi connectivity index (χ3n) is 5.84. The van der Waals surface area contributed by atoms with Crippen LogP contribution in [0, 0.1) is 11.8 Å². The van der Waals surface area contributed by atoms with Crippen molar-refractivity contribution >= 4 is 5.91 Å². The van der Waals surface area contributed by atoms with Gasteiger partial charge in [0.2, 0.25) is 5.91 Å². The summed E-state index contributed by atoms with van der Waals surface area (Å²) in [6, 6.07) is 4.43. The van der Waals surface area contributed by atoms with Crippen LogP contribution in [0.5, 0.6) is 0 Å². The zero-order valence-corrected chi connectivity index (χ0v) is 14.4. The van der Waals surface area contributed by atoms with Crippen LogP contribution in [0.1, 0.15) is 31.7 Å². The molecule has 0 spiro atoms. The zero-order valence-electron chi connectivity index (χ0n) is 14.4. The minimum absolute atomic E-state index is 0.264. The molecule has 1 aliphatic carbocycles. The highest BCUT2D eigenvalue weighted by Gasteiger charge is 2.41. The standard InChI is InChI=1S/C19H27N3O2/c1-14-9-16(10-14)19(23)22-6-4-18-17(13-22)21(7-8-24-18)12-15-3-2-5-20-11-15/h2-3,5,11,14,16-18H,4,6-10,12-13H2,1H3/t14?,16?,17-,18-/m0/s1. The lowest BCUT2D eigenvalue weighted by Crippen LogP contribution is -2.61. The molecule has 2 atom stereocenters. The molecule has 3 aliphatic rings. The summed E-state index contributed by atoms with van der Waals surface area (Å²) in [5.74, 6) is 1.36. The number of morpholine rings is 1. The molecular formula is C19H27N3O2. The Hall–Kier alpha value is -1.46. The summed E-state index contributed by atoms with van der Waals surface area (Å²) in [4.78, 5) is 21.5. The molecule has 2 saturated heterocycles. The highest BCUT2D eigenvalue weighted by molar-refractivity contribution is 5.79. The average Bonchev–Trinajstić information content (AvgIpc) is 2.59. The third kappa shape index (κ3) is 3.20. The van der Waals surface area contributed by atoms with Gasteiger partial charge < -0.3 is 9.64 Å². The monoisotopic (exact) mass is 329 g/mol. The van der Waals surface area contributed by atoms with E-state index in [1.54, 1.807) is 0 Å². The Morgan fingerprint density at radius 2 is 2.25 bits per heavy atom. The topological polar surface area (TPSA) is 45.7 Å². The van der Waals surface area contributed by atoms with Gasteiger partial charge in [0.05, 0.1) is 18.8 Å². The summed E-state index contributed by atoms with van der Waals surface area (Å²) < 4.78 is 6.00. The van der Waals surface area contributed by atoms with Gasteiger partial charge in [0, 0.05) is 44.5 Å². The van der Waals surface area contributed by atoms with Crippen LogP contribution < -0.4 is 0 Å². The summed E-state index contributed by atoms with van der Waals surface area (Å²) in [7, 11) is 0.